The summed E-state index contributed by atoms with van der Waals surface area (Å²) in [5.74, 6) is -0.272. The summed E-state index contributed by atoms with van der Waals surface area (Å²) in [5.41, 5.74) is 4.15. The zero-order valence-electron chi connectivity index (χ0n) is 15.3. The fraction of sp³-hybridized carbons (Fsp3) is 0.316. The molecule has 7 heteroatoms. The van der Waals surface area contributed by atoms with E-state index in [-0.39, 0.29) is 11.3 Å². The third kappa shape index (κ3) is 3.15. The highest BCUT2D eigenvalue weighted by Crippen LogP contribution is 2.36. The summed E-state index contributed by atoms with van der Waals surface area (Å²) in [6.45, 7) is 9.93. The van der Waals surface area contributed by atoms with Crippen molar-refractivity contribution < 1.29 is 4.79 Å². The van der Waals surface area contributed by atoms with Gasteiger partial charge in [-0.15, -0.1) is 11.3 Å². The minimum Gasteiger partial charge on any atom is -0.311 e. The SMILES string of the molecule is Cc1nc2c(C)cc(Br)cn2c1C(=O)Nc1scc(C(C)(C)C)c1C#N. The second-order valence-electron chi connectivity index (χ2n) is 7.25. The number of hydrogen-bond acceptors (Lipinski definition) is 4. The number of amides is 1. The molecule has 5 nitrogen and oxygen atoms in total. The third-order valence-electron chi connectivity index (χ3n) is 4.20. The maximum Gasteiger partial charge on any atom is 0.275 e. The van der Waals surface area contributed by atoms with Gasteiger partial charge in [0.25, 0.3) is 5.91 Å². The quantitative estimate of drug-likeness (QED) is 0.607. The number of aromatic nitrogens is 2. The van der Waals surface area contributed by atoms with Crippen LogP contribution in [-0.4, -0.2) is 15.3 Å². The Bertz CT molecular complexity index is 1070. The second kappa shape index (κ2) is 6.53. The predicted octanol–water partition coefficient (Wildman–Crippen LogP) is 5.20. The number of aryl methyl sites for hydroxylation is 2. The van der Waals surface area contributed by atoms with Crippen LogP contribution in [0.25, 0.3) is 5.65 Å². The molecule has 0 unspecified atom stereocenters. The molecule has 1 N–H and O–H groups in total. The molecule has 0 atom stereocenters. The first-order chi connectivity index (χ1) is 12.1. The standard InChI is InChI=1S/C19H19BrN4OS/c1-10-6-12(20)8-24-15(11(2)22-16(10)24)17(25)23-18-13(7-21)14(9-26-18)19(3,4)5/h6,8-9H,1-5H3,(H,23,25). The fourth-order valence-corrected chi connectivity index (χ4v) is 4.61. The van der Waals surface area contributed by atoms with Crippen molar-refractivity contribution in [3.8, 4) is 6.07 Å². The molecule has 0 fully saturated rings. The number of nitrogens with one attached hydrogen (secondary N) is 1. The number of hydrogen-bond donors (Lipinski definition) is 1. The number of halogens is 1. The predicted molar refractivity (Wildman–Crippen MR) is 108 cm³/mol. The first-order valence-corrected chi connectivity index (χ1v) is 9.79. The van der Waals surface area contributed by atoms with Gasteiger partial charge in [-0.05, 0) is 57.8 Å². The van der Waals surface area contributed by atoms with E-state index in [0.29, 0.717) is 22.0 Å². The van der Waals surface area contributed by atoms with Crippen molar-refractivity contribution in [1.29, 1.82) is 5.26 Å². The third-order valence-corrected chi connectivity index (χ3v) is 5.53. The van der Waals surface area contributed by atoms with Crippen molar-refractivity contribution in [2.45, 2.75) is 40.0 Å². The lowest BCUT2D eigenvalue weighted by atomic mass is 9.86. The summed E-state index contributed by atoms with van der Waals surface area (Å²) in [6, 6.07) is 4.20. The number of pyridine rings is 1. The number of rotatable bonds is 2. The number of carbonyl (C=O) groups excluding carboxylic acids is 1. The van der Waals surface area contributed by atoms with Crippen molar-refractivity contribution in [3.63, 3.8) is 0 Å². The highest BCUT2D eigenvalue weighted by atomic mass is 79.9. The number of fused-ring (bicyclic) bond motifs is 1. The van der Waals surface area contributed by atoms with Crippen LogP contribution in [0.5, 0.6) is 0 Å². The monoisotopic (exact) mass is 430 g/mol. The van der Waals surface area contributed by atoms with Crippen LogP contribution in [0.2, 0.25) is 0 Å². The van der Waals surface area contributed by atoms with Gasteiger partial charge in [-0.25, -0.2) is 4.98 Å². The van der Waals surface area contributed by atoms with Gasteiger partial charge in [0.15, 0.2) is 0 Å². The molecule has 0 bridgehead atoms. The van der Waals surface area contributed by atoms with Gasteiger partial charge in [0.05, 0.1) is 11.3 Å². The van der Waals surface area contributed by atoms with E-state index >= 15 is 0 Å². The van der Waals surface area contributed by atoms with E-state index in [4.69, 9.17) is 0 Å². The van der Waals surface area contributed by atoms with Gasteiger partial charge in [0.1, 0.15) is 22.4 Å². The number of imidazole rings is 1. The van der Waals surface area contributed by atoms with E-state index < -0.39 is 0 Å². The van der Waals surface area contributed by atoms with Gasteiger partial charge in [-0.1, -0.05) is 20.8 Å². The van der Waals surface area contributed by atoms with E-state index in [1.165, 1.54) is 11.3 Å². The molecule has 0 aromatic carbocycles. The number of nitrogens with zero attached hydrogens (tertiary/aromatic N) is 3. The van der Waals surface area contributed by atoms with E-state index in [1.54, 1.807) is 4.40 Å². The molecule has 0 aliphatic carbocycles. The largest absolute Gasteiger partial charge is 0.311 e. The van der Waals surface area contributed by atoms with Crippen LogP contribution in [0, 0.1) is 25.2 Å². The Morgan fingerprint density at radius 1 is 1.38 bits per heavy atom. The zero-order chi connectivity index (χ0) is 19.2. The van der Waals surface area contributed by atoms with E-state index in [9.17, 15) is 10.1 Å². The number of thiophene rings is 1. The summed E-state index contributed by atoms with van der Waals surface area (Å²) < 4.78 is 2.66. The molecular weight excluding hydrogens is 412 g/mol. The number of nitriles is 1. The molecule has 3 rings (SSSR count). The Kier molecular flexibility index (Phi) is 4.67. The molecule has 26 heavy (non-hydrogen) atoms. The summed E-state index contributed by atoms with van der Waals surface area (Å²) in [7, 11) is 0. The summed E-state index contributed by atoms with van der Waals surface area (Å²) in [6.07, 6.45) is 1.83. The smallest absolute Gasteiger partial charge is 0.275 e. The Morgan fingerprint density at radius 2 is 2.08 bits per heavy atom. The Labute approximate surface area is 164 Å². The molecule has 1 amide bonds. The van der Waals surface area contributed by atoms with Gasteiger partial charge < -0.3 is 5.32 Å². The fourth-order valence-electron chi connectivity index (χ4n) is 2.93. The lowest BCUT2D eigenvalue weighted by molar-refractivity contribution is 0.102. The van der Waals surface area contributed by atoms with Crippen LogP contribution in [-0.2, 0) is 5.41 Å². The van der Waals surface area contributed by atoms with Crippen LogP contribution < -0.4 is 5.32 Å². The second-order valence-corrected chi connectivity index (χ2v) is 9.05. The molecule has 3 aromatic heterocycles. The van der Waals surface area contributed by atoms with E-state index in [2.05, 4.69) is 53.1 Å². The van der Waals surface area contributed by atoms with E-state index in [1.807, 2.05) is 31.5 Å². The first kappa shape index (κ1) is 18.6. The molecule has 3 aromatic rings. The minimum absolute atomic E-state index is 0.161. The normalized spacial score (nSPS) is 11.6. The average Bonchev–Trinajstić information content (AvgIpc) is 3.07. The van der Waals surface area contributed by atoms with Crippen LogP contribution in [0.15, 0.2) is 22.1 Å². The van der Waals surface area contributed by atoms with Crippen LogP contribution in [0.3, 0.4) is 0 Å². The molecule has 0 radical (unpaired) electrons. The van der Waals surface area contributed by atoms with Crippen LogP contribution in [0.4, 0.5) is 5.00 Å². The van der Waals surface area contributed by atoms with Gasteiger partial charge in [-0.2, -0.15) is 5.26 Å². The molecule has 0 saturated heterocycles. The number of carbonyl (C=O) groups is 1. The highest BCUT2D eigenvalue weighted by molar-refractivity contribution is 9.10. The van der Waals surface area contributed by atoms with Crippen molar-refractivity contribution in [3.05, 3.63) is 50.2 Å². The first-order valence-electron chi connectivity index (χ1n) is 8.11. The zero-order valence-corrected chi connectivity index (χ0v) is 17.7. The van der Waals surface area contributed by atoms with Gasteiger partial charge in [-0.3, -0.25) is 9.20 Å². The van der Waals surface area contributed by atoms with Crippen molar-refractivity contribution in [2.24, 2.45) is 0 Å². The minimum atomic E-state index is -0.272. The van der Waals surface area contributed by atoms with Crippen molar-refractivity contribution in [1.82, 2.24) is 9.38 Å². The Hall–Kier alpha value is -2.17. The van der Waals surface area contributed by atoms with Crippen LogP contribution in [0.1, 0.15) is 53.6 Å². The Balaban J connectivity index is 2.05. The summed E-state index contributed by atoms with van der Waals surface area (Å²) in [5, 5.41) is 15.0. The molecule has 134 valence electrons. The van der Waals surface area contributed by atoms with Gasteiger partial charge in [0.2, 0.25) is 0 Å². The lowest BCUT2D eigenvalue weighted by Crippen LogP contribution is -2.17. The molecule has 0 aliphatic rings. The maximum atomic E-state index is 13.0. The molecule has 0 spiro atoms. The average molecular weight is 431 g/mol. The maximum absolute atomic E-state index is 13.0. The topological polar surface area (TPSA) is 70.2 Å². The summed E-state index contributed by atoms with van der Waals surface area (Å²) in [4.78, 5) is 17.5. The van der Waals surface area contributed by atoms with Crippen molar-refractivity contribution >= 4 is 43.8 Å². The molecule has 0 saturated carbocycles. The molecule has 3 heterocycles. The van der Waals surface area contributed by atoms with E-state index in [0.717, 1.165) is 21.2 Å². The summed E-state index contributed by atoms with van der Waals surface area (Å²) >= 11 is 4.85. The Morgan fingerprint density at radius 3 is 2.69 bits per heavy atom. The van der Waals surface area contributed by atoms with Crippen molar-refractivity contribution in [2.75, 3.05) is 5.32 Å². The molecular formula is C19H19BrN4OS. The number of anilines is 1. The van der Waals surface area contributed by atoms with Gasteiger partial charge in [0, 0.05) is 10.7 Å². The van der Waals surface area contributed by atoms with Crippen LogP contribution >= 0.6 is 27.3 Å². The van der Waals surface area contributed by atoms with Gasteiger partial charge >= 0.3 is 0 Å². The molecule has 0 aliphatic heterocycles. The highest BCUT2D eigenvalue weighted by Gasteiger charge is 2.25. The lowest BCUT2D eigenvalue weighted by Gasteiger charge is -2.17.